The zero-order valence-corrected chi connectivity index (χ0v) is 9.96. The average Bonchev–Trinajstić information content (AvgIpc) is 2.25. The molecule has 0 bridgehead atoms. The Labute approximate surface area is 101 Å². The van der Waals surface area contributed by atoms with Crippen molar-refractivity contribution >= 4 is 13.1 Å². The van der Waals surface area contributed by atoms with Crippen LogP contribution in [0.5, 0.6) is 0 Å². The Morgan fingerprint density at radius 1 is 1.65 bits per heavy atom. The lowest BCUT2D eigenvalue weighted by Gasteiger charge is -2.42. The summed E-state index contributed by atoms with van der Waals surface area (Å²) in [6, 6.07) is 0. The highest BCUT2D eigenvalue weighted by molar-refractivity contribution is 6.40. The summed E-state index contributed by atoms with van der Waals surface area (Å²) in [5.74, 6) is 4.48. The SMILES string of the molecule is CN1C[C@@H](CCB(O)O)CC(NN)(C(=O)O)C1. The molecule has 98 valence electrons. The van der Waals surface area contributed by atoms with Crippen molar-refractivity contribution in [3.63, 3.8) is 0 Å². The lowest BCUT2D eigenvalue weighted by molar-refractivity contribution is -0.148. The van der Waals surface area contributed by atoms with Crippen molar-refractivity contribution in [2.24, 2.45) is 11.8 Å². The van der Waals surface area contributed by atoms with E-state index in [1.807, 2.05) is 11.9 Å². The average molecular weight is 245 g/mol. The van der Waals surface area contributed by atoms with Crippen molar-refractivity contribution in [1.29, 1.82) is 0 Å². The molecule has 1 saturated heterocycles. The minimum Gasteiger partial charge on any atom is -0.480 e. The predicted octanol–water partition coefficient (Wildman–Crippen LogP) is -1.91. The zero-order valence-electron chi connectivity index (χ0n) is 9.96. The van der Waals surface area contributed by atoms with Gasteiger partial charge in [0, 0.05) is 13.1 Å². The smallest absolute Gasteiger partial charge is 0.451 e. The quantitative estimate of drug-likeness (QED) is 0.218. The van der Waals surface area contributed by atoms with Crippen molar-refractivity contribution in [2.75, 3.05) is 20.1 Å². The second kappa shape index (κ2) is 5.79. The van der Waals surface area contributed by atoms with Gasteiger partial charge in [0.2, 0.25) is 0 Å². The second-order valence-electron chi connectivity index (χ2n) is 4.86. The summed E-state index contributed by atoms with van der Waals surface area (Å²) in [6.07, 6.45) is 1.22. The van der Waals surface area contributed by atoms with Gasteiger partial charge in [-0.15, -0.1) is 0 Å². The number of likely N-dealkylation sites (tertiary alicyclic amines) is 1. The van der Waals surface area contributed by atoms with Crippen LogP contribution in [0.3, 0.4) is 0 Å². The topological polar surface area (TPSA) is 119 Å². The molecule has 1 aliphatic heterocycles. The minimum atomic E-state index is -1.34. The van der Waals surface area contributed by atoms with Crippen molar-refractivity contribution in [2.45, 2.75) is 24.7 Å². The maximum Gasteiger partial charge on any atom is 0.451 e. The van der Waals surface area contributed by atoms with Crippen LogP contribution in [-0.2, 0) is 4.79 Å². The maximum atomic E-state index is 11.3. The van der Waals surface area contributed by atoms with Gasteiger partial charge in [0.15, 0.2) is 0 Å². The Morgan fingerprint density at radius 3 is 2.76 bits per heavy atom. The van der Waals surface area contributed by atoms with Gasteiger partial charge in [-0.1, -0.05) is 6.42 Å². The van der Waals surface area contributed by atoms with Gasteiger partial charge in [0.1, 0.15) is 5.54 Å². The number of nitrogens with one attached hydrogen (secondary N) is 1. The Hall–Kier alpha value is -0.665. The van der Waals surface area contributed by atoms with E-state index in [0.717, 1.165) is 6.54 Å². The number of carbonyl (C=O) groups is 1. The van der Waals surface area contributed by atoms with Crippen LogP contribution in [0.15, 0.2) is 0 Å². The van der Waals surface area contributed by atoms with Gasteiger partial charge in [-0.05, 0) is 25.7 Å². The fourth-order valence-corrected chi connectivity index (χ4v) is 2.49. The van der Waals surface area contributed by atoms with Crippen molar-refractivity contribution in [1.82, 2.24) is 10.3 Å². The summed E-state index contributed by atoms with van der Waals surface area (Å²) in [4.78, 5) is 13.2. The molecule has 6 N–H and O–H groups in total. The molecular weight excluding hydrogens is 225 g/mol. The molecule has 17 heavy (non-hydrogen) atoms. The van der Waals surface area contributed by atoms with Gasteiger partial charge in [-0.25, -0.2) is 5.43 Å². The summed E-state index contributed by atoms with van der Waals surface area (Å²) in [6.45, 7) is 1.08. The molecule has 0 spiro atoms. The molecule has 0 aromatic heterocycles. The van der Waals surface area contributed by atoms with E-state index in [1.165, 1.54) is 0 Å². The molecule has 0 amide bonds. The monoisotopic (exact) mass is 245 g/mol. The largest absolute Gasteiger partial charge is 0.480 e. The van der Waals surface area contributed by atoms with E-state index in [-0.39, 0.29) is 12.2 Å². The molecule has 0 aromatic rings. The number of hydrogen-bond acceptors (Lipinski definition) is 6. The van der Waals surface area contributed by atoms with E-state index in [9.17, 15) is 9.90 Å². The minimum absolute atomic E-state index is 0.0858. The lowest BCUT2D eigenvalue weighted by Crippen LogP contribution is -2.65. The lowest BCUT2D eigenvalue weighted by atomic mass is 9.75. The first-order valence-electron chi connectivity index (χ1n) is 5.65. The molecule has 1 aliphatic rings. The van der Waals surface area contributed by atoms with E-state index < -0.39 is 18.6 Å². The van der Waals surface area contributed by atoms with Gasteiger partial charge in [0.05, 0.1) is 0 Å². The fraction of sp³-hybridized carbons (Fsp3) is 0.889. The Bertz CT molecular complexity index is 279. The number of carboxylic acids is 1. The van der Waals surface area contributed by atoms with E-state index in [4.69, 9.17) is 15.9 Å². The predicted molar refractivity (Wildman–Crippen MR) is 62.9 cm³/mol. The first kappa shape index (κ1) is 14.4. The summed E-state index contributed by atoms with van der Waals surface area (Å²) >= 11 is 0. The molecule has 1 fully saturated rings. The van der Waals surface area contributed by atoms with Crippen molar-refractivity contribution in [3.05, 3.63) is 0 Å². The molecule has 0 saturated carbocycles. The Kier molecular flexibility index (Phi) is 4.90. The number of aliphatic carboxylic acids is 1. The molecule has 8 heteroatoms. The van der Waals surface area contributed by atoms with E-state index in [0.29, 0.717) is 19.4 Å². The number of rotatable bonds is 5. The number of likely N-dealkylation sites (N-methyl/N-ethyl adjacent to an activating group) is 1. The number of carboxylic acid groups (broad SMARTS) is 1. The number of hydrogen-bond donors (Lipinski definition) is 5. The van der Waals surface area contributed by atoms with Crippen LogP contribution in [0.2, 0.25) is 6.32 Å². The normalized spacial score (nSPS) is 30.2. The molecule has 2 atom stereocenters. The van der Waals surface area contributed by atoms with Gasteiger partial charge < -0.3 is 20.1 Å². The third-order valence-electron chi connectivity index (χ3n) is 3.27. The Morgan fingerprint density at radius 2 is 2.29 bits per heavy atom. The van der Waals surface area contributed by atoms with Crippen molar-refractivity contribution in [3.8, 4) is 0 Å². The van der Waals surface area contributed by atoms with Crippen LogP contribution in [0.1, 0.15) is 12.8 Å². The van der Waals surface area contributed by atoms with Crippen LogP contribution in [0.4, 0.5) is 0 Å². The number of nitrogens with two attached hydrogens (primary N) is 1. The van der Waals surface area contributed by atoms with Gasteiger partial charge in [-0.2, -0.15) is 0 Å². The Balaban J connectivity index is 2.67. The summed E-state index contributed by atoms with van der Waals surface area (Å²) in [5, 5.41) is 26.9. The molecular formula is C9H20BN3O4. The number of hydrazine groups is 1. The highest BCUT2D eigenvalue weighted by Gasteiger charge is 2.44. The first-order chi connectivity index (χ1) is 7.89. The molecule has 1 rings (SSSR count). The maximum absolute atomic E-state index is 11.3. The van der Waals surface area contributed by atoms with Crippen LogP contribution in [0, 0.1) is 5.92 Å². The second-order valence-corrected chi connectivity index (χ2v) is 4.86. The molecule has 1 unspecified atom stereocenters. The summed E-state index contributed by atoms with van der Waals surface area (Å²) in [7, 11) is 0.489. The highest BCUT2D eigenvalue weighted by Crippen LogP contribution is 2.28. The van der Waals surface area contributed by atoms with E-state index in [2.05, 4.69) is 5.43 Å². The standard InChI is InChI=1S/C9H20BN3O4/c1-13-5-7(2-3-10(16)17)4-9(6-13,12-11)8(14)15/h7,12,16-17H,2-6,11H2,1H3,(H,14,15)/t7-,9?/m0/s1. The number of nitrogens with zero attached hydrogens (tertiary/aromatic N) is 1. The van der Waals surface area contributed by atoms with Crippen LogP contribution >= 0.6 is 0 Å². The van der Waals surface area contributed by atoms with E-state index >= 15 is 0 Å². The molecule has 0 aromatic carbocycles. The molecule has 0 radical (unpaired) electrons. The molecule has 1 heterocycles. The fourth-order valence-electron chi connectivity index (χ4n) is 2.49. The van der Waals surface area contributed by atoms with Gasteiger partial charge in [-0.3, -0.25) is 10.6 Å². The van der Waals surface area contributed by atoms with Crippen LogP contribution in [-0.4, -0.2) is 58.8 Å². The number of piperidine rings is 1. The van der Waals surface area contributed by atoms with Gasteiger partial charge >= 0.3 is 13.1 Å². The third kappa shape index (κ3) is 3.65. The zero-order chi connectivity index (χ0) is 13.1. The molecule has 7 nitrogen and oxygen atoms in total. The van der Waals surface area contributed by atoms with E-state index in [1.54, 1.807) is 0 Å². The highest BCUT2D eigenvalue weighted by atomic mass is 16.4. The summed E-state index contributed by atoms with van der Waals surface area (Å²) < 4.78 is 0. The van der Waals surface area contributed by atoms with Crippen LogP contribution in [0.25, 0.3) is 0 Å². The third-order valence-corrected chi connectivity index (χ3v) is 3.27. The van der Waals surface area contributed by atoms with Gasteiger partial charge in [0.25, 0.3) is 0 Å². The molecule has 0 aliphatic carbocycles. The summed E-state index contributed by atoms with van der Waals surface area (Å²) in [5.41, 5.74) is 1.26. The van der Waals surface area contributed by atoms with Crippen molar-refractivity contribution < 1.29 is 19.9 Å². The first-order valence-corrected chi connectivity index (χ1v) is 5.65. The van der Waals surface area contributed by atoms with Crippen LogP contribution < -0.4 is 11.3 Å².